The monoisotopic (exact) mass is 310 g/mol. The molecule has 0 spiro atoms. The SMILES string of the molecule is COc1cccc(-c2cc(C(=O)N(C)C)c3cnn(C)c3n2)c1. The van der Waals surface area contributed by atoms with E-state index < -0.39 is 0 Å². The maximum Gasteiger partial charge on any atom is 0.254 e. The minimum atomic E-state index is -0.0745. The molecular formula is C17H18N4O2. The van der Waals surface area contributed by atoms with Crippen LogP contribution in [0.4, 0.5) is 0 Å². The summed E-state index contributed by atoms with van der Waals surface area (Å²) in [5, 5.41) is 4.97. The second-order valence-corrected chi connectivity index (χ2v) is 5.49. The lowest BCUT2D eigenvalue weighted by atomic mass is 10.1. The normalized spacial score (nSPS) is 10.8. The summed E-state index contributed by atoms with van der Waals surface area (Å²) >= 11 is 0. The lowest BCUT2D eigenvalue weighted by Gasteiger charge is -2.13. The van der Waals surface area contributed by atoms with Gasteiger partial charge in [-0.15, -0.1) is 0 Å². The molecule has 3 aromatic rings. The first-order chi connectivity index (χ1) is 11.0. The molecule has 6 heteroatoms. The first-order valence-electron chi connectivity index (χ1n) is 7.20. The fraction of sp³-hybridized carbons (Fsp3) is 0.235. The molecule has 1 aromatic carbocycles. The van der Waals surface area contributed by atoms with Gasteiger partial charge in [0.2, 0.25) is 0 Å². The number of fused-ring (bicyclic) bond motifs is 1. The Morgan fingerprint density at radius 2 is 2.04 bits per heavy atom. The van der Waals surface area contributed by atoms with Crippen molar-refractivity contribution in [3.8, 4) is 17.0 Å². The van der Waals surface area contributed by atoms with Gasteiger partial charge in [0.1, 0.15) is 5.75 Å². The second kappa shape index (κ2) is 5.72. The number of aryl methyl sites for hydroxylation is 1. The summed E-state index contributed by atoms with van der Waals surface area (Å²) in [5.41, 5.74) is 2.87. The van der Waals surface area contributed by atoms with Crippen LogP contribution in [0, 0.1) is 0 Å². The number of aromatic nitrogens is 3. The number of ether oxygens (including phenoxy) is 1. The van der Waals surface area contributed by atoms with E-state index in [4.69, 9.17) is 4.74 Å². The number of carbonyl (C=O) groups is 1. The van der Waals surface area contributed by atoms with Gasteiger partial charge in [-0.2, -0.15) is 5.10 Å². The molecule has 0 radical (unpaired) electrons. The highest BCUT2D eigenvalue weighted by atomic mass is 16.5. The Bertz CT molecular complexity index is 883. The van der Waals surface area contributed by atoms with Crippen LogP contribution in [0.25, 0.3) is 22.3 Å². The van der Waals surface area contributed by atoms with Crippen LogP contribution >= 0.6 is 0 Å². The number of pyridine rings is 1. The summed E-state index contributed by atoms with van der Waals surface area (Å²) in [7, 11) is 6.90. The van der Waals surface area contributed by atoms with Crippen LogP contribution in [0.1, 0.15) is 10.4 Å². The minimum Gasteiger partial charge on any atom is -0.497 e. The molecule has 118 valence electrons. The summed E-state index contributed by atoms with van der Waals surface area (Å²) in [5.74, 6) is 0.671. The van der Waals surface area contributed by atoms with E-state index in [9.17, 15) is 4.79 Å². The van der Waals surface area contributed by atoms with Gasteiger partial charge in [0.25, 0.3) is 5.91 Å². The Morgan fingerprint density at radius 3 is 2.74 bits per heavy atom. The van der Waals surface area contributed by atoms with E-state index >= 15 is 0 Å². The van der Waals surface area contributed by atoms with E-state index in [0.717, 1.165) is 16.7 Å². The summed E-state index contributed by atoms with van der Waals surface area (Å²) < 4.78 is 6.94. The quantitative estimate of drug-likeness (QED) is 0.745. The lowest BCUT2D eigenvalue weighted by Crippen LogP contribution is -2.22. The third-order valence-corrected chi connectivity index (χ3v) is 3.71. The maximum atomic E-state index is 12.5. The van der Waals surface area contributed by atoms with Crippen molar-refractivity contribution in [1.29, 1.82) is 0 Å². The number of rotatable bonds is 3. The predicted molar refractivity (Wildman–Crippen MR) is 88.5 cm³/mol. The van der Waals surface area contributed by atoms with Gasteiger partial charge in [0, 0.05) is 26.7 Å². The van der Waals surface area contributed by atoms with Crippen molar-refractivity contribution in [2.75, 3.05) is 21.2 Å². The van der Waals surface area contributed by atoms with Gasteiger partial charge in [-0.3, -0.25) is 9.48 Å². The van der Waals surface area contributed by atoms with Crippen LogP contribution in [0.3, 0.4) is 0 Å². The molecular weight excluding hydrogens is 292 g/mol. The molecule has 6 nitrogen and oxygen atoms in total. The molecule has 0 saturated carbocycles. The highest BCUT2D eigenvalue weighted by molar-refractivity contribution is 6.06. The van der Waals surface area contributed by atoms with Crippen molar-refractivity contribution in [1.82, 2.24) is 19.7 Å². The van der Waals surface area contributed by atoms with Gasteiger partial charge >= 0.3 is 0 Å². The molecule has 0 unspecified atom stereocenters. The number of amides is 1. The molecule has 0 aliphatic carbocycles. The van der Waals surface area contributed by atoms with Crippen LogP contribution in [-0.2, 0) is 7.05 Å². The minimum absolute atomic E-state index is 0.0745. The van der Waals surface area contributed by atoms with E-state index in [1.807, 2.05) is 31.3 Å². The Labute approximate surface area is 134 Å². The molecule has 3 rings (SSSR count). The van der Waals surface area contributed by atoms with E-state index in [0.29, 0.717) is 16.9 Å². The Morgan fingerprint density at radius 1 is 1.26 bits per heavy atom. The van der Waals surface area contributed by atoms with Gasteiger partial charge in [0.05, 0.1) is 30.0 Å². The van der Waals surface area contributed by atoms with E-state index in [-0.39, 0.29) is 5.91 Å². The van der Waals surface area contributed by atoms with Crippen molar-refractivity contribution < 1.29 is 9.53 Å². The fourth-order valence-electron chi connectivity index (χ4n) is 2.46. The van der Waals surface area contributed by atoms with Crippen LogP contribution < -0.4 is 4.74 Å². The molecule has 0 N–H and O–H groups in total. The molecule has 0 aliphatic rings. The summed E-state index contributed by atoms with van der Waals surface area (Å²) in [6.07, 6.45) is 1.68. The molecule has 0 atom stereocenters. The Hall–Kier alpha value is -2.89. The lowest BCUT2D eigenvalue weighted by molar-refractivity contribution is 0.0829. The zero-order chi connectivity index (χ0) is 16.6. The van der Waals surface area contributed by atoms with Crippen molar-refractivity contribution in [3.63, 3.8) is 0 Å². The average Bonchev–Trinajstić information content (AvgIpc) is 2.94. The smallest absolute Gasteiger partial charge is 0.254 e. The topological polar surface area (TPSA) is 60.2 Å². The number of hydrogen-bond acceptors (Lipinski definition) is 4. The van der Waals surface area contributed by atoms with Crippen LogP contribution in [0.2, 0.25) is 0 Å². The molecule has 2 heterocycles. The van der Waals surface area contributed by atoms with E-state index in [1.54, 1.807) is 43.1 Å². The fourth-order valence-corrected chi connectivity index (χ4v) is 2.46. The van der Waals surface area contributed by atoms with Crippen molar-refractivity contribution >= 4 is 16.9 Å². The van der Waals surface area contributed by atoms with E-state index in [2.05, 4.69) is 10.1 Å². The predicted octanol–water partition coefficient (Wildman–Crippen LogP) is 2.35. The van der Waals surface area contributed by atoms with Crippen LogP contribution in [-0.4, -0.2) is 46.8 Å². The first-order valence-corrected chi connectivity index (χ1v) is 7.20. The molecule has 0 aliphatic heterocycles. The number of methoxy groups -OCH3 is 1. The van der Waals surface area contributed by atoms with Gasteiger partial charge < -0.3 is 9.64 Å². The van der Waals surface area contributed by atoms with Crippen molar-refractivity contribution in [2.24, 2.45) is 7.05 Å². The Kier molecular flexibility index (Phi) is 3.73. The molecule has 0 fully saturated rings. The summed E-state index contributed by atoms with van der Waals surface area (Å²) in [4.78, 5) is 18.7. The summed E-state index contributed by atoms with van der Waals surface area (Å²) in [6, 6.07) is 9.42. The van der Waals surface area contributed by atoms with Gasteiger partial charge in [0.15, 0.2) is 5.65 Å². The van der Waals surface area contributed by atoms with Crippen LogP contribution in [0.5, 0.6) is 5.75 Å². The van der Waals surface area contributed by atoms with Gasteiger partial charge in [-0.05, 0) is 18.2 Å². The Balaban J connectivity index is 2.25. The van der Waals surface area contributed by atoms with E-state index in [1.165, 1.54) is 0 Å². The molecule has 0 saturated heterocycles. The zero-order valence-corrected chi connectivity index (χ0v) is 13.6. The molecule has 2 aromatic heterocycles. The largest absolute Gasteiger partial charge is 0.497 e. The molecule has 1 amide bonds. The number of carbonyl (C=O) groups excluding carboxylic acids is 1. The maximum absolute atomic E-state index is 12.5. The van der Waals surface area contributed by atoms with Gasteiger partial charge in [-0.25, -0.2) is 4.98 Å². The highest BCUT2D eigenvalue weighted by Crippen LogP contribution is 2.27. The zero-order valence-electron chi connectivity index (χ0n) is 13.6. The average molecular weight is 310 g/mol. The third kappa shape index (κ3) is 2.63. The second-order valence-electron chi connectivity index (χ2n) is 5.49. The highest BCUT2D eigenvalue weighted by Gasteiger charge is 2.18. The van der Waals surface area contributed by atoms with Crippen LogP contribution in [0.15, 0.2) is 36.5 Å². The first kappa shape index (κ1) is 15.0. The molecule has 23 heavy (non-hydrogen) atoms. The number of benzene rings is 1. The van der Waals surface area contributed by atoms with Crippen molar-refractivity contribution in [3.05, 3.63) is 42.1 Å². The standard InChI is InChI=1S/C17H18N4O2/c1-20(2)17(22)13-9-15(11-6-5-7-12(8-11)23-4)19-16-14(13)10-18-21(16)3/h5-10H,1-4H3. The number of nitrogens with zero attached hydrogens (tertiary/aromatic N) is 4. The third-order valence-electron chi connectivity index (χ3n) is 3.71. The molecule has 0 bridgehead atoms. The number of hydrogen-bond donors (Lipinski definition) is 0. The van der Waals surface area contributed by atoms with Crippen molar-refractivity contribution in [2.45, 2.75) is 0 Å². The summed E-state index contributed by atoms with van der Waals surface area (Å²) in [6.45, 7) is 0. The van der Waals surface area contributed by atoms with Gasteiger partial charge in [-0.1, -0.05) is 12.1 Å².